The molecule has 0 N–H and O–H groups in total. The van der Waals surface area contributed by atoms with Gasteiger partial charge in [-0.25, -0.2) is 9.97 Å². The fourth-order valence-electron chi connectivity index (χ4n) is 3.21. The van der Waals surface area contributed by atoms with Crippen LogP contribution in [0, 0.1) is 0 Å². The molecule has 0 aliphatic carbocycles. The molecule has 5 aromatic rings. The van der Waals surface area contributed by atoms with E-state index in [0.717, 1.165) is 16.6 Å². The zero-order chi connectivity index (χ0) is 17.0. The van der Waals surface area contributed by atoms with Crippen molar-refractivity contribution in [1.29, 1.82) is 0 Å². The molecule has 5 nitrogen and oxygen atoms in total. The van der Waals surface area contributed by atoms with Gasteiger partial charge in [0, 0.05) is 17.0 Å². The Morgan fingerprint density at radius 1 is 0.920 bits per heavy atom. The SMILES string of the molecule is O=c1c2ccccc2c2nc3ccccn3c2n1-c1ccc(Cl)nc1. The van der Waals surface area contributed by atoms with Gasteiger partial charge in [0.1, 0.15) is 16.3 Å². The van der Waals surface area contributed by atoms with Crippen LogP contribution in [0.2, 0.25) is 5.15 Å². The Morgan fingerprint density at radius 2 is 1.72 bits per heavy atom. The van der Waals surface area contributed by atoms with Gasteiger partial charge in [-0.3, -0.25) is 13.8 Å². The Labute approximate surface area is 146 Å². The number of imidazole rings is 1. The molecule has 0 aliphatic heterocycles. The molecule has 0 aliphatic rings. The molecule has 4 aromatic heterocycles. The van der Waals surface area contributed by atoms with Gasteiger partial charge >= 0.3 is 0 Å². The van der Waals surface area contributed by atoms with Crippen molar-refractivity contribution in [3.05, 3.63) is 82.5 Å². The summed E-state index contributed by atoms with van der Waals surface area (Å²) >= 11 is 5.91. The van der Waals surface area contributed by atoms with Gasteiger partial charge in [0.25, 0.3) is 5.56 Å². The second kappa shape index (κ2) is 5.16. The number of rotatable bonds is 1. The van der Waals surface area contributed by atoms with Gasteiger partial charge in [-0.2, -0.15) is 0 Å². The molecule has 1 aromatic carbocycles. The molecule has 0 bridgehead atoms. The second-order valence-corrected chi connectivity index (χ2v) is 6.13. The molecule has 0 radical (unpaired) electrons. The maximum atomic E-state index is 13.2. The predicted molar refractivity (Wildman–Crippen MR) is 98.6 cm³/mol. The average Bonchev–Trinajstić information content (AvgIpc) is 3.03. The van der Waals surface area contributed by atoms with E-state index in [0.29, 0.717) is 21.9 Å². The fourth-order valence-corrected chi connectivity index (χ4v) is 3.32. The van der Waals surface area contributed by atoms with E-state index in [1.54, 1.807) is 22.9 Å². The molecule has 25 heavy (non-hydrogen) atoms. The first-order valence-electron chi connectivity index (χ1n) is 7.76. The fraction of sp³-hybridized carbons (Fsp3) is 0. The summed E-state index contributed by atoms with van der Waals surface area (Å²) in [6, 6.07) is 16.7. The van der Waals surface area contributed by atoms with Crippen LogP contribution < -0.4 is 5.56 Å². The number of hydrogen-bond acceptors (Lipinski definition) is 3. The molecule has 0 saturated carbocycles. The number of halogens is 1. The molecule has 4 heterocycles. The summed E-state index contributed by atoms with van der Waals surface area (Å²) in [5, 5.41) is 1.84. The van der Waals surface area contributed by atoms with Crippen molar-refractivity contribution >= 4 is 39.2 Å². The minimum atomic E-state index is -0.113. The second-order valence-electron chi connectivity index (χ2n) is 5.74. The van der Waals surface area contributed by atoms with Gasteiger partial charge in [-0.15, -0.1) is 0 Å². The summed E-state index contributed by atoms with van der Waals surface area (Å²) in [7, 11) is 0. The van der Waals surface area contributed by atoms with E-state index in [2.05, 4.69) is 4.98 Å². The van der Waals surface area contributed by atoms with E-state index in [1.165, 1.54) is 0 Å². The first-order chi connectivity index (χ1) is 12.2. The van der Waals surface area contributed by atoms with Crippen molar-refractivity contribution in [2.75, 3.05) is 0 Å². The lowest BCUT2D eigenvalue weighted by molar-refractivity contribution is 1.00. The van der Waals surface area contributed by atoms with Crippen LogP contribution in [0.25, 0.3) is 33.3 Å². The number of aromatic nitrogens is 4. The van der Waals surface area contributed by atoms with Crippen LogP contribution in [0.5, 0.6) is 0 Å². The monoisotopic (exact) mass is 346 g/mol. The van der Waals surface area contributed by atoms with E-state index in [9.17, 15) is 4.79 Å². The molecule has 0 spiro atoms. The molecule has 0 saturated heterocycles. The Hall–Kier alpha value is -3.18. The predicted octanol–water partition coefficient (Wildman–Crippen LogP) is 3.84. The van der Waals surface area contributed by atoms with Gasteiger partial charge in [-0.05, 0) is 30.3 Å². The maximum absolute atomic E-state index is 13.2. The highest BCUT2D eigenvalue weighted by atomic mass is 35.5. The zero-order valence-electron chi connectivity index (χ0n) is 12.9. The Bertz CT molecular complexity index is 1320. The summed E-state index contributed by atoms with van der Waals surface area (Å²) < 4.78 is 3.55. The third-order valence-corrected chi connectivity index (χ3v) is 4.53. The van der Waals surface area contributed by atoms with Crippen LogP contribution in [-0.4, -0.2) is 18.9 Å². The van der Waals surface area contributed by atoms with Crippen LogP contribution in [0.15, 0.2) is 71.8 Å². The minimum absolute atomic E-state index is 0.113. The lowest BCUT2D eigenvalue weighted by Crippen LogP contribution is -2.20. The highest BCUT2D eigenvalue weighted by molar-refractivity contribution is 6.29. The van der Waals surface area contributed by atoms with Crippen molar-refractivity contribution in [2.45, 2.75) is 0 Å². The van der Waals surface area contributed by atoms with Crippen LogP contribution in [-0.2, 0) is 0 Å². The van der Waals surface area contributed by atoms with Gasteiger partial charge < -0.3 is 0 Å². The highest BCUT2D eigenvalue weighted by Crippen LogP contribution is 2.25. The lowest BCUT2D eigenvalue weighted by Gasteiger charge is -2.10. The molecule has 0 fully saturated rings. The minimum Gasteiger partial charge on any atom is -0.285 e. The normalized spacial score (nSPS) is 11.6. The van der Waals surface area contributed by atoms with Crippen LogP contribution in [0.3, 0.4) is 0 Å². The van der Waals surface area contributed by atoms with Crippen molar-refractivity contribution in [1.82, 2.24) is 18.9 Å². The standard InChI is InChI=1S/C19H11ClN4O/c20-15-9-8-12(11-21-15)24-18-17(22-16-7-3-4-10-23(16)18)13-5-1-2-6-14(13)19(24)25/h1-11H. The van der Waals surface area contributed by atoms with Gasteiger partial charge in [0.15, 0.2) is 5.65 Å². The third kappa shape index (κ3) is 1.99. The van der Waals surface area contributed by atoms with Crippen LogP contribution >= 0.6 is 11.6 Å². The lowest BCUT2D eigenvalue weighted by atomic mass is 10.1. The van der Waals surface area contributed by atoms with Gasteiger partial charge in [-0.1, -0.05) is 35.9 Å². The third-order valence-electron chi connectivity index (χ3n) is 4.30. The number of pyridine rings is 3. The topological polar surface area (TPSA) is 52.2 Å². The van der Waals surface area contributed by atoms with Crippen LogP contribution in [0.4, 0.5) is 0 Å². The van der Waals surface area contributed by atoms with E-state index >= 15 is 0 Å². The van der Waals surface area contributed by atoms with Gasteiger partial charge in [0.05, 0.1) is 11.9 Å². The Kier molecular flexibility index (Phi) is 2.93. The number of benzene rings is 1. The quantitative estimate of drug-likeness (QED) is 0.433. The first-order valence-corrected chi connectivity index (χ1v) is 8.14. The Morgan fingerprint density at radius 3 is 2.52 bits per heavy atom. The first kappa shape index (κ1) is 14.2. The summed E-state index contributed by atoms with van der Waals surface area (Å²) in [5.41, 5.74) is 2.80. The van der Waals surface area contributed by atoms with E-state index in [4.69, 9.17) is 16.6 Å². The van der Waals surface area contributed by atoms with E-state index < -0.39 is 0 Å². The highest BCUT2D eigenvalue weighted by Gasteiger charge is 2.17. The summed E-state index contributed by atoms with van der Waals surface area (Å²) in [4.78, 5) is 22.1. The van der Waals surface area contributed by atoms with Crippen molar-refractivity contribution in [3.8, 4) is 5.69 Å². The summed E-state index contributed by atoms with van der Waals surface area (Å²) in [5.74, 6) is 0. The van der Waals surface area contributed by atoms with Gasteiger partial charge in [0.2, 0.25) is 0 Å². The van der Waals surface area contributed by atoms with E-state index in [-0.39, 0.29) is 5.56 Å². The van der Waals surface area contributed by atoms with E-state index in [1.807, 2.05) is 53.1 Å². The maximum Gasteiger partial charge on any atom is 0.264 e. The van der Waals surface area contributed by atoms with Crippen molar-refractivity contribution in [2.24, 2.45) is 0 Å². The molecular weight excluding hydrogens is 336 g/mol. The molecule has 0 unspecified atom stereocenters. The zero-order valence-corrected chi connectivity index (χ0v) is 13.7. The Balaban J connectivity index is 2.09. The average molecular weight is 347 g/mol. The molecule has 0 atom stereocenters. The number of fused-ring (bicyclic) bond motifs is 5. The largest absolute Gasteiger partial charge is 0.285 e. The summed E-state index contributed by atoms with van der Waals surface area (Å²) in [6.07, 6.45) is 3.50. The number of hydrogen-bond donors (Lipinski definition) is 0. The van der Waals surface area contributed by atoms with Crippen molar-refractivity contribution in [3.63, 3.8) is 0 Å². The molecule has 6 heteroatoms. The van der Waals surface area contributed by atoms with Crippen molar-refractivity contribution < 1.29 is 0 Å². The summed E-state index contributed by atoms with van der Waals surface area (Å²) in [6.45, 7) is 0. The smallest absolute Gasteiger partial charge is 0.264 e. The molecular formula is C19H11ClN4O. The molecule has 0 amide bonds. The van der Waals surface area contributed by atoms with Crippen LogP contribution in [0.1, 0.15) is 0 Å². The molecule has 120 valence electrons. The number of nitrogens with zero attached hydrogens (tertiary/aromatic N) is 4. The molecule has 5 rings (SSSR count).